The van der Waals surface area contributed by atoms with E-state index in [1.54, 1.807) is 6.07 Å². The molecular weight excluding hydrogens is 361 g/mol. The lowest BCUT2D eigenvalue weighted by atomic mass is 9.96. The molecule has 0 bridgehead atoms. The van der Waals surface area contributed by atoms with Gasteiger partial charge in [-0.1, -0.05) is 13.0 Å². The maximum Gasteiger partial charge on any atom is 0.227 e. The molecule has 2 amide bonds. The second-order valence-electron chi connectivity index (χ2n) is 7.60. The van der Waals surface area contributed by atoms with Crippen LogP contribution in [0.25, 0.3) is 0 Å². The van der Waals surface area contributed by atoms with Crippen LogP contribution in [-0.2, 0) is 16.1 Å². The van der Waals surface area contributed by atoms with Gasteiger partial charge in [0.05, 0.1) is 13.0 Å². The first kappa shape index (κ1) is 20.6. The summed E-state index contributed by atoms with van der Waals surface area (Å²) in [7, 11) is 1.46. The number of piperazine rings is 1. The molecule has 1 atom stereocenters. The number of benzene rings is 1. The highest BCUT2D eigenvalue weighted by Gasteiger charge is 2.32. The number of carbonyl (C=O) groups is 2. The largest absolute Gasteiger partial charge is 0.494 e. The molecular formula is C21H30FN3O3. The van der Waals surface area contributed by atoms with E-state index >= 15 is 0 Å². The number of nitrogens with zero attached hydrogens (tertiary/aromatic N) is 3. The maximum atomic E-state index is 13.9. The molecule has 7 heteroatoms. The molecule has 2 aliphatic heterocycles. The molecule has 6 nitrogen and oxygen atoms in total. The third kappa shape index (κ3) is 4.82. The van der Waals surface area contributed by atoms with E-state index in [2.05, 4.69) is 4.90 Å². The van der Waals surface area contributed by atoms with Gasteiger partial charge in [0.25, 0.3) is 0 Å². The molecule has 0 aliphatic carbocycles. The number of piperidine rings is 1. The average Bonchev–Trinajstić information content (AvgIpc) is 2.73. The zero-order chi connectivity index (χ0) is 20.1. The number of hydrogen-bond acceptors (Lipinski definition) is 4. The number of rotatable bonds is 5. The van der Waals surface area contributed by atoms with Crippen LogP contribution in [0.3, 0.4) is 0 Å². The highest BCUT2D eigenvalue weighted by atomic mass is 19.1. The molecule has 3 rings (SSSR count). The van der Waals surface area contributed by atoms with Crippen molar-refractivity contribution >= 4 is 11.8 Å². The molecule has 0 N–H and O–H groups in total. The van der Waals surface area contributed by atoms with Gasteiger partial charge in [0.15, 0.2) is 11.6 Å². The molecule has 0 spiro atoms. The minimum absolute atomic E-state index is 0.0773. The van der Waals surface area contributed by atoms with E-state index in [9.17, 15) is 14.0 Å². The summed E-state index contributed by atoms with van der Waals surface area (Å²) < 4.78 is 18.8. The first-order valence-electron chi connectivity index (χ1n) is 10.1. The monoisotopic (exact) mass is 391 g/mol. The molecule has 2 aliphatic rings. The fraction of sp³-hybridized carbons (Fsp3) is 0.619. The van der Waals surface area contributed by atoms with Gasteiger partial charge >= 0.3 is 0 Å². The van der Waals surface area contributed by atoms with Crippen molar-refractivity contribution in [2.24, 2.45) is 5.92 Å². The lowest BCUT2D eigenvalue weighted by Gasteiger charge is -2.39. The summed E-state index contributed by atoms with van der Waals surface area (Å²) >= 11 is 0. The Morgan fingerprint density at radius 1 is 1.14 bits per heavy atom. The van der Waals surface area contributed by atoms with E-state index in [1.165, 1.54) is 13.2 Å². The minimum atomic E-state index is -0.350. The molecule has 154 valence electrons. The molecule has 28 heavy (non-hydrogen) atoms. The smallest absolute Gasteiger partial charge is 0.227 e. The Morgan fingerprint density at radius 3 is 2.54 bits per heavy atom. The predicted molar refractivity (Wildman–Crippen MR) is 104 cm³/mol. The summed E-state index contributed by atoms with van der Waals surface area (Å²) in [5.74, 6) is 0.129. The molecule has 1 aromatic rings. The van der Waals surface area contributed by atoms with Crippen LogP contribution in [0.4, 0.5) is 4.39 Å². The van der Waals surface area contributed by atoms with Crippen molar-refractivity contribution < 1.29 is 18.7 Å². The molecule has 2 fully saturated rings. The zero-order valence-electron chi connectivity index (χ0n) is 16.8. The summed E-state index contributed by atoms with van der Waals surface area (Å²) in [4.78, 5) is 30.8. The first-order valence-corrected chi connectivity index (χ1v) is 10.1. The number of hydrogen-bond donors (Lipinski definition) is 0. The van der Waals surface area contributed by atoms with Crippen LogP contribution in [0.1, 0.15) is 31.7 Å². The quantitative estimate of drug-likeness (QED) is 0.772. The molecule has 2 heterocycles. The summed E-state index contributed by atoms with van der Waals surface area (Å²) in [6.07, 6.45) is 2.24. The van der Waals surface area contributed by atoms with E-state index in [0.717, 1.165) is 38.0 Å². The highest BCUT2D eigenvalue weighted by molar-refractivity contribution is 5.81. The number of halogens is 1. The van der Waals surface area contributed by atoms with Crippen molar-refractivity contribution in [1.29, 1.82) is 0 Å². The fourth-order valence-electron chi connectivity index (χ4n) is 4.08. The Bertz CT molecular complexity index is 704. The van der Waals surface area contributed by atoms with E-state index in [-0.39, 0.29) is 29.3 Å². The van der Waals surface area contributed by atoms with Gasteiger partial charge < -0.3 is 14.5 Å². The second-order valence-corrected chi connectivity index (χ2v) is 7.60. The van der Waals surface area contributed by atoms with Crippen molar-refractivity contribution in [3.63, 3.8) is 0 Å². The predicted octanol–water partition coefficient (Wildman–Crippen LogP) is 2.13. The third-order valence-electron chi connectivity index (χ3n) is 5.73. The van der Waals surface area contributed by atoms with Gasteiger partial charge in [-0.2, -0.15) is 0 Å². The fourth-order valence-corrected chi connectivity index (χ4v) is 4.08. The molecule has 0 saturated carbocycles. The number of amides is 2. The van der Waals surface area contributed by atoms with E-state index in [1.807, 2.05) is 22.8 Å². The number of methoxy groups -OCH3 is 1. The normalized spacial score (nSPS) is 20.9. The van der Waals surface area contributed by atoms with Crippen molar-refractivity contribution in [3.8, 4) is 5.75 Å². The average molecular weight is 391 g/mol. The van der Waals surface area contributed by atoms with Gasteiger partial charge in [-0.25, -0.2) is 4.39 Å². The van der Waals surface area contributed by atoms with Crippen LogP contribution < -0.4 is 4.74 Å². The number of likely N-dealkylation sites (tertiary alicyclic amines) is 1. The standard InChI is InChI=1S/C21H30FN3O3/c1-3-20(26)25-8-4-5-17(15-25)21(27)24-11-9-23(10-12-24)14-16-6-7-19(28-2)18(22)13-16/h6-7,13,17H,3-5,8-12,14-15H2,1-2H3. The molecule has 0 aromatic heterocycles. The Balaban J connectivity index is 1.50. The maximum absolute atomic E-state index is 13.9. The molecule has 1 unspecified atom stereocenters. The number of ether oxygens (including phenoxy) is 1. The van der Waals surface area contributed by atoms with Crippen molar-refractivity contribution in [1.82, 2.24) is 14.7 Å². The van der Waals surface area contributed by atoms with E-state index < -0.39 is 0 Å². The summed E-state index contributed by atoms with van der Waals surface area (Å²) in [5, 5.41) is 0. The van der Waals surface area contributed by atoms with Gasteiger partial charge in [-0.15, -0.1) is 0 Å². The lowest BCUT2D eigenvalue weighted by molar-refractivity contribution is -0.142. The second kappa shape index (κ2) is 9.37. The Labute approximate surface area is 166 Å². The zero-order valence-corrected chi connectivity index (χ0v) is 16.8. The molecule has 0 radical (unpaired) electrons. The Morgan fingerprint density at radius 2 is 1.89 bits per heavy atom. The number of carbonyl (C=O) groups excluding carboxylic acids is 2. The van der Waals surface area contributed by atoms with Gasteiger partial charge in [-0.05, 0) is 30.5 Å². The summed E-state index contributed by atoms with van der Waals surface area (Å²) in [6.45, 7) is 6.73. The van der Waals surface area contributed by atoms with Crippen LogP contribution in [0.5, 0.6) is 5.75 Å². The van der Waals surface area contributed by atoms with Crippen molar-refractivity contribution in [2.45, 2.75) is 32.7 Å². The van der Waals surface area contributed by atoms with Crippen molar-refractivity contribution in [2.75, 3.05) is 46.4 Å². The van der Waals surface area contributed by atoms with Crippen LogP contribution in [0, 0.1) is 11.7 Å². The van der Waals surface area contributed by atoms with E-state index in [0.29, 0.717) is 32.6 Å². The Hall–Kier alpha value is -2.15. The molecule has 2 saturated heterocycles. The van der Waals surface area contributed by atoms with Crippen molar-refractivity contribution in [3.05, 3.63) is 29.6 Å². The minimum Gasteiger partial charge on any atom is -0.494 e. The Kier molecular flexibility index (Phi) is 6.88. The topological polar surface area (TPSA) is 53.1 Å². The molecule has 1 aromatic carbocycles. The van der Waals surface area contributed by atoms with Crippen LogP contribution in [0.2, 0.25) is 0 Å². The highest BCUT2D eigenvalue weighted by Crippen LogP contribution is 2.22. The summed E-state index contributed by atoms with van der Waals surface area (Å²) in [6, 6.07) is 5.04. The van der Waals surface area contributed by atoms with Crippen LogP contribution in [0.15, 0.2) is 18.2 Å². The van der Waals surface area contributed by atoms with Gasteiger partial charge in [0.1, 0.15) is 0 Å². The van der Waals surface area contributed by atoms with Gasteiger partial charge in [0, 0.05) is 52.2 Å². The van der Waals surface area contributed by atoms with Crippen LogP contribution in [-0.4, -0.2) is 72.9 Å². The summed E-state index contributed by atoms with van der Waals surface area (Å²) in [5.41, 5.74) is 0.902. The SMILES string of the molecule is CCC(=O)N1CCCC(C(=O)N2CCN(Cc3ccc(OC)c(F)c3)CC2)C1. The van der Waals surface area contributed by atoms with Crippen LogP contribution >= 0.6 is 0 Å². The van der Waals surface area contributed by atoms with Gasteiger partial charge in [0.2, 0.25) is 11.8 Å². The first-order chi connectivity index (χ1) is 13.5. The third-order valence-corrected chi connectivity index (χ3v) is 5.73. The lowest BCUT2D eigenvalue weighted by Crippen LogP contribution is -2.52. The van der Waals surface area contributed by atoms with Gasteiger partial charge in [-0.3, -0.25) is 14.5 Å². The van der Waals surface area contributed by atoms with E-state index in [4.69, 9.17) is 4.74 Å².